The lowest BCUT2D eigenvalue weighted by atomic mass is 9.63. The molecular weight excluding hydrogens is 387 g/mol. The zero-order valence-electron chi connectivity index (χ0n) is 14.4. The molecule has 6 rings (SSSR count). The number of anilines is 1. The second kappa shape index (κ2) is 6.08. The van der Waals surface area contributed by atoms with Crippen molar-refractivity contribution in [1.29, 1.82) is 0 Å². The van der Waals surface area contributed by atoms with Gasteiger partial charge in [0.15, 0.2) is 0 Å². The van der Waals surface area contributed by atoms with Crippen molar-refractivity contribution in [3.63, 3.8) is 0 Å². The molecule has 2 bridgehead atoms. The molecule has 1 aromatic carbocycles. The summed E-state index contributed by atoms with van der Waals surface area (Å²) in [5.41, 5.74) is 0.421. The van der Waals surface area contributed by atoms with E-state index in [9.17, 15) is 14.4 Å². The van der Waals surface area contributed by atoms with Gasteiger partial charge in [-0.3, -0.25) is 19.3 Å². The number of carbonyl (C=O) groups excluding carboxylic acids is 3. The van der Waals surface area contributed by atoms with Gasteiger partial charge in [0.05, 0.1) is 27.6 Å². The van der Waals surface area contributed by atoms with Crippen LogP contribution in [0, 0.1) is 35.5 Å². The largest absolute Gasteiger partial charge is 0.325 e. The van der Waals surface area contributed by atoms with Crippen molar-refractivity contribution in [2.45, 2.75) is 12.8 Å². The highest BCUT2D eigenvalue weighted by molar-refractivity contribution is 6.44. The van der Waals surface area contributed by atoms with E-state index in [4.69, 9.17) is 23.2 Å². The molecule has 27 heavy (non-hydrogen) atoms. The maximum atomic E-state index is 12.9. The molecule has 1 aliphatic heterocycles. The minimum atomic E-state index is -0.307. The number of hydrogen-bond donors (Lipinski definition) is 1. The van der Waals surface area contributed by atoms with Crippen LogP contribution in [0.25, 0.3) is 0 Å². The zero-order chi connectivity index (χ0) is 18.9. The molecule has 0 unspecified atom stereocenters. The van der Waals surface area contributed by atoms with E-state index in [0.29, 0.717) is 22.5 Å². The van der Waals surface area contributed by atoms with E-state index in [-0.39, 0.29) is 59.4 Å². The van der Waals surface area contributed by atoms with Crippen LogP contribution in [0.5, 0.6) is 0 Å². The molecule has 3 amide bonds. The molecule has 3 fully saturated rings. The van der Waals surface area contributed by atoms with Crippen LogP contribution >= 0.6 is 23.2 Å². The number of benzene rings is 1. The molecule has 1 saturated heterocycles. The fourth-order valence-corrected chi connectivity index (χ4v) is 5.61. The lowest BCUT2D eigenvalue weighted by Crippen LogP contribution is -2.40. The third-order valence-corrected chi connectivity index (χ3v) is 7.36. The lowest BCUT2D eigenvalue weighted by Gasteiger charge is -2.37. The number of hydrogen-bond acceptors (Lipinski definition) is 3. The van der Waals surface area contributed by atoms with Crippen LogP contribution in [0.1, 0.15) is 12.8 Å². The highest BCUT2D eigenvalue weighted by atomic mass is 35.5. The van der Waals surface area contributed by atoms with E-state index in [2.05, 4.69) is 17.5 Å². The molecule has 1 heterocycles. The smallest absolute Gasteiger partial charge is 0.233 e. The van der Waals surface area contributed by atoms with Crippen molar-refractivity contribution in [1.82, 2.24) is 4.90 Å². The van der Waals surface area contributed by atoms with Gasteiger partial charge in [0, 0.05) is 13.0 Å². The van der Waals surface area contributed by atoms with E-state index in [1.54, 1.807) is 18.2 Å². The van der Waals surface area contributed by atoms with Crippen molar-refractivity contribution in [2.24, 2.45) is 35.5 Å². The van der Waals surface area contributed by atoms with Gasteiger partial charge < -0.3 is 5.32 Å². The van der Waals surface area contributed by atoms with E-state index in [1.807, 2.05) is 0 Å². The molecule has 2 saturated carbocycles. The highest BCUT2D eigenvalue weighted by Crippen LogP contribution is 2.65. The van der Waals surface area contributed by atoms with Crippen molar-refractivity contribution < 1.29 is 14.4 Å². The first-order valence-corrected chi connectivity index (χ1v) is 10.0. The molecule has 6 atom stereocenters. The monoisotopic (exact) mass is 404 g/mol. The number of allylic oxidation sites excluding steroid dienone is 2. The number of nitrogens with one attached hydrogen (secondary N) is 1. The molecule has 5 nitrogen and oxygen atoms in total. The molecule has 1 N–H and O–H groups in total. The van der Waals surface area contributed by atoms with Crippen LogP contribution < -0.4 is 5.32 Å². The Hall–Kier alpha value is -1.85. The van der Waals surface area contributed by atoms with E-state index >= 15 is 0 Å². The molecule has 4 aliphatic carbocycles. The second-order valence-electron chi connectivity index (χ2n) is 7.88. The van der Waals surface area contributed by atoms with Gasteiger partial charge in [-0.1, -0.05) is 41.4 Å². The van der Waals surface area contributed by atoms with Gasteiger partial charge in [-0.2, -0.15) is 0 Å². The summed E-state index contributed by atoms with van der Waals surface area (Å²) in [6.45, 7) is 0.101. The summed E-state index contributed by atoms with van der Waals surface area (Å²) < 4.78 is 0. The maximum absolute atomic E-state index is 12.9. The van der Waals surface area contributed by atoms with Gasteiger partial charge in [0.25, 0.3) is 0 Å². The number of imide groups is 1. The minimum Gasteiger partial charge on any atom is -0.325 e. The van der Waals surface area contributed by atoms with Gasteiger partial charge in [-0.15, -0.1) is 0 Å². The Morgan fingerprint density at radius 1 is 1.07 bits per heavy atom. The lowest BCUT2D eigenvalue weighted by molar-refractivity contribution is -0.140. The Balaban J connectivity index is 1.26. The first kappa shape index (κ1) is 17.3. The van der Waals surface area contributed by atoms with Crippen molar-refractivity contribution in [3.8, 4) is 0 Å². The first-order chi connectivity index (χ1) is 13.0. The molecule has 5 aliphatic rings. The topological polar surface area (TPSA) is 66.5 Å². The third kappa shape index (κ3) is 2.55. The molecule has 140 valence electrons. The Morgan fingerprint density at radius 3 is 2.33 bits per heavy atom. The quantitative estimate of drug-likeness (QED) is 0.617. The van der Waals surface area contributed by atoms with Crippen LogP contribution in [-0.4, -0.2) is 29.2 Å². The van der Waals surface area contributed by atoms with Crippen LogP contribution in [-0.2, 0) is 14.4 Å². The number of carbonyl (C=O) groups is 3. The van der Waals surface area contributed by atoms with Gasteiger partial charge in [0.2, 0.25) is 17.7 Å². The second-order valence-corrected chi connectivity index (χ2v) is 8.67. The Kier molecular flexibility index (Phi) is 3.89. The predicted molar refractivity (Wildman–Crippen MR) is 101 cm³/mol. The average Bonchev–Trinajstić information content (AvgIpc) is 3.43. The fourth-order valence-electron chi connectivity index (χ4n) is 5.27. The summed E-state index contributed by atoms with van der Waals surface area (Å²) >= 11 is 12.0. The van der Waals surface area contributed by atoms with Gasteiger partial charge >= 0.3 is 0 Å². The third-order valence-electron chi connectivity index (χ3n) is 6.54. The summed E-state index contributed by atoms with van der Waals surface area (Å²) in [7, 11) is 0. The maximum Gasteiger partial charge on any atom is 0.233 e. The standard InChI is InChI=1S/C20H18Cl2N2O3/c21-13-2-1-3-14(18(13)22)23-15(25)6-7-24-19(26)16-9-4-5-10(12-8-11(9)12)17(16)20(24)27/h1-5,9-12,16-17H,6-8H2,(H,23,25)/t9-,10-,11-,12+,16+,17+/m0/s1. The molecule has 0 aromatic heterocycles. The summed E-state index contributed by atoms with van der Waals surface area (Å²) in [5.74, 6) is 0.585. The Morgan fingerprint density at radius 2 is 1.70 bits per heavy atom. The van der Waals surface area contributed by atoms with Crippen molar-refractivity contribution >= 4 is 46.6 Å². The van der Waals surface area contributed by atoms with Crippen LogP contribution in [0.2, 0.25) is 10.0 Å². The molecular formula is C20H18Cl2N2O3. The average molecular weight is 405 g/mol. The van der Waals surface area contributed by atoms with Crippen molar-refractivity contribution in [2.75, 3.05) is 11.9 Å². The highest BCUT2D eigenvalue weighted by Gasteiger charge is 2.66. The first-order valence-electron chi connectivity index (χ1n) is 9.25. The molecule has 0 spiro atoms. The Labute approximate surface area is 166 Å². The number of likely N-dealkylation sites (tertiary alicyclic amines) is 1. The van der Waals surface area contributed by atoms with Gasteiger partial charge in [-0.25, -0.2) is 0 Å². The van der Waals surface area contributed by atoms with E-state index in [1.165, 1.54) is 4.90 Å². The Bertz CT molecular complexity index is 863. The fraction of sp³-hybridized carbons (Fsp3) is 0.450. The van der Waals surface area contributed by atoms with Crippen LogP contribution in [0.3, 0.4) is 0 Å². The van der Waals surface area contributed by atoms with Gasteiger partial charge in [-0.05, 0) is 42.2 Å². The normalized spacial score (nSPS) is 35.3. The molecule has 1 aromatic rings. The summed E-state index contributed by atoms with van der Waals surface area (Å²) in [5, 5.41) is 3.32. The SMILES string of the molecule is O=C(CCN1C(=O)[C@@H]2[C@H]3C=C[C@@H]([C@@H]4C[C@H]34)[C@H]2C1=O)Nc1cccc(Cl)c1Cl. The number of halogens is 2. The number of nitrogens with zero attached hydrogens (tertiary/aromatic N) is 1. The summed E-state index contributed by atoms with van der Waals surface area (Å²) in [6, 6.07) is 4.98. The summed E-state index contributed by atoms with van der Waals surface area (Å²) in [6.07, 6.45) is 5.46. The summed E-state index contributed by atoms with van der Waals surface area (Å²) in [4.78, 5) is 39.3. The van der Waals surface area contributed by atoms with E-state index in [0.717, 1.165) is 6.42 Å². The zero-order valence-corrected chi connectivity index (χ0v) is 15.9. The van der Waals surface area contributed by atoms with Crippen molar-refractivity contribution in [3.05, 3.63) is 40.4 Å². The van der Waals surface area contributed by atoms with E-state index < -0.39 is 0 Å². The number of rotatable bonds is 4. The molecule has 7 heteroatoms. The molecule has 0 radical (unpaired) electrons. The number of amides is 3. The minimum absolute atomic E-state index is 0.0371. The van der Waals surface area contributed by atoms with Crippen LogP contribution in [0.4, 0.5) is 5.69 Å². The van der Waals surface area contributed by atoms with Gasteiger partial charge in [0.1, 0.15) is 0 Å². The predicted octanol–water partition coefficient (Wildman–Crippen LogP) is 3.38. The van der Waals surface area contributed by atoms with Crippen LogP contribution in [0.15, 0.2) is 30.4 Å².